The molecular weight excluding hydrogens is 424 g/mol. The molecule has 0 aliphatic heterocycles. The topological polar surface area (TPSA) is 93.7 Å². The third kappa shape index (κ3) is 6.13. The maximum Gasteiger partial charge on any atom is 0.240 e. The minimum absolute atomic E-state index is 0.0814. The molecule has 0 aliphatic carbocycles. The van der Waals surface area contributed by atoms with Gasteiger partial charge in [-0.2, -0.15) is 0 Å². The molecule has 0 spiro atoms. The lowest BCUT2D eigenvalue weighted by molar-refractivity contribution is -0.118. The number of hydrogen-bond donors (Lipinski definition) is 2. The first-order chi connectivity index (χ1) is 14.2. The zero-order valence-electron chi connectivity index (χ0n) is 17.8. The van der Waals surface area contributed by atoms with Crippen LogP contribution in [0.5, 0.6) is 11.5 Å². The third-order valence-corrected chi connectivity index (χ3v) is 6.45. The molecule has 2 rings (SSSR count). The zero-order valence-corrected chi connectivity index (χ0v) is 19.4. The van der Waals surface area contributed by atoms with Gasteiger partial charge in [0.1, 0.15) is 0 Å². The van der Waals surface area contributed by atoms with Crippen LogP contribution in [0.4, 0.5) is 5.69 Å². The number of nitrogens with one attached hydrogen (secondary N) is 2. The van der Waals surface area contributed by atoms with Crippen LogP contribution >= 0.6 is 11.8 Å². The molecule has 164 valence electrons. The van der Waals surface area contributed by atoms with Gasteiger partial charge in [0.15, 0.2) is 11.5 Å². The molecule has 2 aromatic carbocycles. The van der Waals surface area contributed by atoms with Crippen LogP contribution in [0, 0.1) is 5.92 Å². The fourth-order valence-corrected chi connectivity index (χ4v) is 4.17. The summed E-state index contributed by atoms with van der Waals surface area (Å²) in [7, 11) is -2.24. The van der Waals surface area contributed by atoms with Crippen LogP contribution in [0.15, 0.2) is 46.2 Å². The van der Waals surface area contributed by atoms with Gasteiger partial charge in [-0.3, -0.25) is 4.79 Å². The van der Waals surface area contributed by atoms with E-state index in [0.717, 1.165) is 10.5 Å². The van der Waals surface area contributed by atoms with Crippen molar-refractivity contribution in [1.29, 1.82) is 0 Å². The van der Waals surface area contributed by atoms with E-state index < -0.39 is 10.0 Å². The van der Waals surface area contributed by atoms with Crippen molar-refractivity contribution >= 4 is 33.4 Å². The standard InChI is InChI=1S/C21H28N2O5S2/c1-6-28-19-11-15(7-9-18(19)27-4)13-22-30(25,26)16-8-10-20(29-5)17(12-16)23-21(24)14(2)3/h7-12,14,22H,6,13H2,1-5H3,(H,23,24). The summed E-state index contributed by atoms with van der Waals surface area (Å²) in [6.45, 7) is 5.98. The lowest BCUT2D eigenvalue weighted by atomic mass is 10.2. The SMILES string of the molecule is CCOc1cc(CNS(=O)(=O)c2ccc(SC)c(NC(=O)C(C)C)c2)ccc1OC. The molecule has 1 amide bonds. The lowest BCUT2D eigenvalue weighted by Gasteiger charge is -2.14. The number of thioether (sulfide) groups is 1. The molecule has 2 N–H and O–H groups in total. The van der Waals surface area contributed by atoms with E-state index in [-0.39, 0.29) is 23.3 Å². The van der Waals surface area contributed by atoms with Gasteiger partial charge < -0.3 is 14.8 Å². The van der Waals surface area contributed by atoms with Crippen molar-refractivity contribution in [3.8, 4) is 11.5 Å². The highest BCUT2D eigenvalue weighted by molar-refractivity contribution is 7.98. The molecule has 0 aromatic heterocycles. The van der Waals surface area contributed by atoms with Crippen molar-refractivity contribution in [1.82, 2.24) is 4.72 Å². The van der Waals surface area contributed by atoms with Crippen molar-refractivity contribution in [2.24, 2.45) is 5.92 Å². The normalized spacial score (nSPS) is 11.4. The van der Waals surface area contributed by atoms with Gasteiger partial charge in [-0.15, -0.1) is 11.8 Å². The fraction of sp³-hybridized carbons (Fsp3) is 0.381. The molecule has 0 atom stereocenters. The first kappa shape index (κ1) is 24.0. The Labute approximate surface area is 182 Å². The van der Waals surface area contributed by atoms with E-state index >= 15 is 0 Å². The summed E-state index contributed by atoms with van der Waals surface area (Å²) in [6.07, 6.45) is 1.87. The molecule has 9 heteroatoms. The number of ether oxygens (including phenoxy) is 2. The second-order valence-corrected chi connectivity index (χ2v) is 9.36. The fourth-order valence-electron chi connectivity index (χ4n) is 2.59. The number of carbonyl (C=O) groups is 1. The summed E-state index contributed by atoms with van der Waals surface area (Å²) in [6, 6.07) is 9.95. The third-order valence-electron chi connectivity index (χ3n) is 4.26. The Balaban J connectivity index is 2.23. The Hall–Kier alpha value is -2.23. The van der Waals surface area contributed by atoms with Crippen LogP contribution in [0.1, 0.15) is 26.3 Å². The van der Waals surface area contributed by atoms with Crippen LogP contribution in [0.25, 0.3) is 0 Å². The lowest BCUT2D eigenvalue weighted by Crippen LogP contribution is -2.24. The molecule has 2 aromatic rings. The summed E-state index contributed by atoms with van der Waals surface area (Å²) in [5.41, 5.74) is 1.21. The quantitative estimate of drug-likeness (QED) is 0.531. The smallest absolute Gasteiger partial charge is 0.240 e. The number of amides is 1. The van der Waals surface area contributed by atoms with E-state index in [0.29, 0.717) is 23.8 Å². The molecule has 0 radical (unpaired) electrons. The number of hydrogen-bond acceptors (Lipinski definition) is 6. The van der Waals surface area contributed by atoms with Crippen molar-refractivity contribution in [3.63, 3.8) is 0 Å². The predicted molar refractivity (Wildman–Crippen MR) is 120 cm³/mol. The molecule has 0 saturated heterocycles. The van der Waals surface area contributed by atoms with Crippen molar-refractivity contribution in [3.05, 3.63) is 42.0 Å². The van der Waals surface area contributed by atoms with Gasteiger partial charge in [-0.05, 0) is 49.1 Å². The molecule has 0 fully saturated rings. The van der Waals surface area contributed by atoms with E-state index in [1.807, 2.05) is 13.2 Å². The van der Waals surface area contributed by atoms with Gasteiger partial charge in [0, 0.05) is 17.4 Å². The van der Waals surface area contributed by atoms with Gasteiger partial charge in [0.05, 0.1) is 24.3 Å². The number of sulfonamides is 1. The predicted octanol–water partition coefficient (Wildman–Crippen LogP) is 3.89. The Kier molecular flexibility index (Phi) is 8.57. The molecule has 7 nitrogen and oxygen atoms in total. The number of anilines is 1. The van der Waals surface area contributed by atoms with E-state index in [2.05, 4.69) is 10.0 Å². The van der Waals surface area contributed by atoms with Gasteiger partial charge >= 0.3 is 0 Å². The first-order valence-corrected chi connectivity index (χ1v) is 12.2. The van der Waals surface area contributed by atoms with Gasteiger partial charge in [-0.25, -0.2) is 13.1 Å². The molecule has 0 bridgehead atoms. The van der Waals surface area contributed by atoms with E-state index in [1.165, 1.54) is 23.9 Å². The van der Waals surface area contributed by atoms with Crippen LogP contribution in [0.3, 0.4) is 0 Å². The summed E-state index contributed by atoms with van der Waals surface area (Å²) in [4.78, 5) is 13.0. The summed E-state index contributed by atoms with van der Waals surface area (Å²) >= 11 is 1.43. The number of carbonyl (C=O) groups excluding carboxylic acids is 1. The molecule has 0 saturated carbocycles. The number of methoxy groups -OCH3 is 1. The minimum atomic E-state index is -3.79. The highest BCUT2D eigenvalue weighted by atomic mass is 32.2. The van der Waals surface area contributed by atoms with Crippen LogP contribution < -0.4 is 19.5 Å². The highest BCUT2D eigenvalue weighted by Gasteiger charge is 2.18. The van der Waals surface area contributed by atoms with Gasteiger partial charge in [-0.1, -0.05) is 19.9 Å². The van der Waals surface area contributed by atoms with E-state index in [1.54, 1.807) is 45.2 Å². The van der Waals surface area contributed by atoms with Crippen LogP contribution in [-0.4, -0.2) is 34.3 Å². The van der Waals surface area contributed by atoms with E-state index in [4.69, 9.17) is 9.47 Å². The minimum Gasteiger partial charge on any atom is -0.493 e. The Morgan fingerprint density at radius 2 is 1.87 bits per heavy atom. The van der Waals surface area contributed by atoms with Crippen LogP contribution in [0.2, 0.25) is 0 Å². The second kappa shape index (κ2) is 10.7. The van der Waals surface area contributed by atoms with Gasteiger partial charge in [0.2, 0.25) is 15.9 Å². The molecule has 0 heterocycles. The van der Waals surface area contributed by atoms with Crippen molar-refractivity contribution < 1.29 is 22.7 Å². The largest absolute Gasteiger partial charge is 0.493 e. The highest BCUT2D eigenvalue weighted by Crippen LogP contribution is 2.30. The van der Waals surface area contributed by atoms with E-state index in [9.17, 15) is 13.2 Å². The van der Waals surface area contributed by atoms with Crippen molar-refractivity contribution in [2.75, 3.05) is 25.3 Å². The summed E-state index contributed by atoms with van der Waals surface area (Å²) < 4.78 is 39.0. The Morgan fingerprint density at radius 3 is 2.47 bits per heavy atom. The monoisotopic (exact) mass is 452 g/mol. The molecule has 30 heavy (non-hydrogen) atoms. The number of benzene rings is 2. The average Bonchev–Trinajstić information content (AvgIpc) is 2.72. The molecule has 0 unspecified atom stereocenters. The first-order valence-electron chi connectivity index (χ1n) is 9.50. The maximum absolute atomic E-state index is 12.8. The number of rotatable bonds is 10. The van der Waals surface area contributed by atoms with Gasteiger partial charge in [0.25, 0.3) is 0 Å². The summed E-state index contributed by atoms with van der Waals surface area (Å²) in [5.74, 6) is 0.753. The second-order valence-electron chi connectivity index (χ2n) is 6.75. The van der Waals surface area contributed by atoms with Crippen LogP contribution in [-0.2, 0) is 21.4 Å². The molecular formula is C21H28N2O5S2. The Bertz CT molecular complexity index is 991. The zero-order chi connectivity index (χ0) is 22.3. The van der Waals surface area contributed by atoms with Crippen molar-refractivity contribution in [2.45, 2.75) is 37.1 Å². The summed E-state index contributed by atoms with van der Waals surface area (Å²) in [5, 5.41) is 2.80. The molecule has 0 aliphatic rings. The maximum atomic E-state index is 12.8. The Morgan fingerprint density at radius 1 is 1.13 bits per heavy atom. The average molecular weight is 453 g/mol.